The summed E-state index contributed by atoms with van der Waals surface area (Å²) in [6, 6.07) is 7.07. The van der Waals surface area contributed by atoms with Gasteiger partial charge in [-0.25, -0.2) is 0 Å². The number of hydrogen-bond donors (Lipinski definition) is 1. The zero-order chi connectivity index (χ0) is 20.4. The molecular weight excluding hydrogens is 390 g/mol. The largest absolute Gasteiger partial charge is 0.495 e. The normalized spacial score (nSPS) is 20.4. The standard InChI is InChI=1S/C20H25N5O3S/c1-13-19(27)25(15-8-3-4-9-16(15)28-2)11-10-24(13)12-17(26)21-20-23-22-18(29-20)14-6-5-7-14/h3-4,8-9,13-14H,5-7,10-12H2,1-2H3,(H,21,23,26)/t13-/m0/s1. The molecule has 2 aliphatic rings. The van der Waals surface area contributed by atoms with E-state index in [1.165, 1.54) is 17.8 Å². The van der Waals surface area contributed by atoms with Crippen LogP contribution in [0.1, 0.15) is 37.1 Å². The first-order chi connectivity index (χ1) is 14.1. The lowest BCUT2D eigenvalue weighted by Gasteiger charge is -2.39. The highest BCUT2D eigenvalue weighted by Gasteiger charge is 2.34. The molecule has 0 radical (unpaired) electrons. The minimum absolute atomic E-state index is 0.0447. The number of nitrogens with zero attached hydrogens (tertiary/aromatic N) is 4. The molecule has 1 saturated carbocycles. The molecule has 8 nitrogen and oxygen atoms in total. The Bertz CT molecular complexity index is 898. The molecule has 2 heterocycles. The Morgan fingerprint density at radius 2 is 2.07 bits per heavy atom. The molecule has 9 heteroatoms. The number of carbonyl (C=O) groups excluding carboxylic acids is 2. The number of amides is 2. The summed E-state index contributed by atoms with van der Waals surface area (Å²) >= 11 is 1.45. The van der Waals surface area contributed by atoms with Crippen molar-refractivity contribution in [2.45, 2.75) is 38.1 Å². The molecular formula is C20H25N5O3S. The number of methoxy groups -OCH3 is 1. The second-order valence-electron chi connectivity index (χ2n) is 7.43. The number of piperazine rings is 1. The molecule has 154 valence electrons. The van der Waals surface area contributed by atoms with Crippen LogP contribution < -0.4 is 15.0 Å². The fourth-order valence-corrected chi connectivity index (χ4v) is 4.60. The second kappa shape index (κ2) is 8.46. The number of benzene rings is 1. The van der Waals surface area contributed by atoms with Crippen molar-refractivity contribution in [1.82, 2.24) is 15.1 Å². The molecule has 0 spiro atoms. The summed E-state index contributed by atoms with van der Waals surface area (Å²) in [5.74, 6) is 0.945. The topological polar surface area (TPSA) is 87.7 Å². The van der Waals surface area contributed by atoms with Gasteiger partial charge in [0.1, 0.15) is 10.8 Å². The Balaban J connectivity index is 1.36. The smallest absolute Gasteiger partial charge is 0.244 e. The van der Waals surface area contributed by atoms with Gasteiger partial charge in [0.05, 0.1) is 25.4 Å². The Labute approximate surface area is 173 Å². The fourth-order valence-electron chi connectivity index (χ4n) is 3.67. The first-order valence-corrected chi connectivity index (χ1v) is 10.7. The van der Waals surface area contributed by atoms with Crippen LogP contribution in [-0.2, 0) is 9.59 Å². The summed E-state index contributed by atoms with van der Waals surface area (Å²) in [7, 11) is 1.59. The highest BCUT2D eigenvalue weighted by atomic mass is 32.1. The minimum Gasteiger partial charge on any atom is -0.495 e. The summed E-state index contributed by atoms with van der Waals surface area (Å²) in [6.07, 6.45) is 3.54. The van der Waals surface area contributed by atoms with Crippen LogP contribution in [0, 0.1) is 0 Å². The molecule has 2 aromatic rings. The lowest BCUT2D eigenvalue weighted by Crippen LogP contribution is -2.57. The first-order valence-electron chi connectivity index (χ1n) is 9.88. The van der Waals surface area contributed by atoms with Gasteiger partial charge in [0, 0.05) is 19.0 Å². The van der Waals surface area contributed by atoms with Crippen molar-refractivity contribution in [2.75, 3.05) is 37.0 Å². The van der Waals surface area contributed by atoms with E-state index in [1.807, 2.05) is 36.1 Å². The Kier molecular flexibility index (Phi) is 5.77. The van der Waals surface area contributed by atoms with Crippen molar-refractivity contribution in [3.8, 4) is 5.75 Å². The van der Waals surface area contributed by atoms with Crippen LogP contribution >= 0.6 is 11.3 Å². The molecule has 4 rings (SSSR count). The van der Waals surface area contributed by atoms with Crippen molar-refractivity contribution in [3.05, 3.63) is 29.3 Å². The first kappa shape index (κ1) is 19.8. The zero-order valence-electron chi connectivity index (χ0n) is 16.6. The predicted molar refractivity (Wildman–Crippen MR) is 112 cm³/mol. The van der Waals surface area contributed by atoms with Crippen molar-refractivity contribution in [1.29, 1.82) is 0 Å². The average Bonchev–Trinajstić information content (AvgIpc) is 3.12. The van der Waals surface area contributed by atoms with E-state index in [4.69, 9.17) is 4.74 Å². The van der Waals surface area contributed by atoms with Crippen LogP contribution in [0.25, 0.3) is 0 Å². The molecule has 1 saturated heterocycles. The van der Waals surface area contributed by atoms with Gasteiger partial charge >= 0.3 is 0 Å². The molecule has 2 amide bonds. The highest BCUT2D eigenvalue weighted by molar-refractivity contribution is 7.15. The van der Waals surface area contributed by atoms with Gasteiger partial charge in [-0.2, -0.15) is 0 Å². The number of ether oxygens (including phenoxy) is 1. The van der Waals surface area contributed by atoms with Crippen LogP contribution in [0.5, 0.6) is 5.75 Å². The van der Waals surface area contributed by atoms with E-state index in [2.05, 4.69) is 15.5 Å². The molecule has 1 atom stereocenters. The van der Waals surface area contributed by atoms with Crippen LogP contribution in [-0.4, -0.2) is 59.7 Å². The van der Waals surface area contributed by atoms with E-state index in [1.54, 1.807) is 12.0 Å². The van der Waals surface area contributed by atoms with Crippen LogP contribution in [0.15, 0.2) is 24.3 Å². The molecule has 0 bridgehead atoms. The van der Waals surface area contributed by atoms with E-state index in [9.17, 15) is 9.59 Å². The van der Waals surface area contributed by atoms with Gasteiger partial charge in [-0.1, -0.05) is 29.9 Å². The van der Waals surface area contributed by atoms with Crippen molar-refractivity contribution in [2.24, 2.45) is 0 Å². The summed E-state index contributed by atoms with van der Waals surface area (Å²) in [4.78, 5) is 29.0. The predicted octanol–water partition coefficient (Wildman–Crippen LogP) is 2.49. The van der Waals surface area contributed by atoms with E-state index in [0.717, 1.165) is 23.5 Å². The quantitative estimate of drug-likeness (QED) is 0.780. The number of para-hydroxylation sites is 2. The molecule has 1 aromatic carbocycles. The van der Waals surface area contributed by atoms with Crippen LogP contribution in [0.3, 0.4) is 0 Å². The number of nitrogens with one attached hydrogen (secondary N) is 1. The lowest BCUT2D eigenvalue weighted by atomic mass is 9.86. The molecule has 1 N–H and O–H groups in total. The van der Waals surface area contributed by atoms with Gasteiger partial charge in [-0.15, -0.1) is 10.2 Å². The van der Waals surface area contributed by atoms with E-state index < -0.39 is 6.04 Å². The van der Waals surface area contributed by atoms with Crippen molar-refractivity contribution >= 4 is 34.0 Å². The second-order valence-corrected chi connectivity index (χ2v) is 8.44. The Morgan fingerprint density at radius 3 is 2.79 bits per heavy atom. The lowest BCUT2D eigenvalue weighted by molar-refractivity contribution is -0.127. The molecule has 0 unspecified atom stereocenters. The van der Waals surface area contributed by atoms with Crippen molar-refractivity contribution < 1.29 is 14.3 Å². The van der Waals surface area contributed by atoms with Gasteiger partial charge in [0.25, 0.3) is 0 Å². The number of carbonyl (C=O) groups is 2. The maximum absolute atomic E-state index is 12.9. The summed E-state index contributed by atoms with van der Waals surface area (Å²) in [5, 5.41) is 12.6. The Morgan fingerprint density at radius 1 is 1.28 bits per heavy atom. The highest BCUT2D eigenvalue weighted by Crippen LogP contribution is 2.38. The van der Waals surface area contributed by atoms with Gasteiger partial charge < -0.3 is 9.64 Å². The fraction of sp³-hybridized carbons (Fsp3) is 0.500. The summed E-state index contributed by atoms with van der Waals surface area (Å²) in [5.41, 5.74) is 0.758. The minimum atomic E-state index is -0.403. The van der Waals surface area contributed by atoms with E-state index in [0.29, 0.717) is 29.9 Å². The number of rotatable bonds is 6. The number of aromatic nitrogens is 2. The number of anilines is 2. The third-order valence-electron chi connectivity index (χ3n) is 5.65. The van der Waals surface area contributed by atoms with Gasteiger partial charge in [-0.05, 0) is 31.9 Å². The SMILES string of the molecule is COc1ccccc1N1CCN(CC(=O)Nc2nnc(C3CCC3)s2)[C@@H](C)C1=O. The molecule has 1 aliphatic carbocycles. The van der Waals surface area contributed by atoms with Gasteiger partial charge in [0.2, 0.25) is 16.9 Å². The van der Waals surface area contributed by atoms with Crippen LogP contribution in [0.4, 0.5) is 10.8 Å². The number of hydrogen-bond acceptors (Lipinski definition) is 7. The molecule has 2 fully saturated rings. The van der Waals surface area contributed by atoms with E-state index in [-0.39, 0.29) is 18.4 Å². The summed E-state index contributed by atoms with van der Waals surface area (Å²) in [6.45, 7) is 3.07. The average molecular weight is 416 g/mol. The third kappa shape index (κ3) is 4.11. The maximum Gasteiger partial charge on any atom is 0.244 e. The van der Waals surface area contributed by atoms with Gasteiger partial charge in [-0.3, -0.25) is 19.8 Å². The van der Waals surface area contributed by atoms with E-state index >= 15 is 0 Å². The monoisotopic (exact) mass is 415 g/mol. The maximum atomic E-state index is 12.9. The van der Waals surface area contributed by atoms with Crippen molar-refractivity contribution in [3.63, 3.8) is 0 Å². The summed E-state index contributed by atoms with van der Waals surface area (Å²) < 4.78 is 5.39. The Hall–Kier alpha value is -2.52. The molecule has 1 aromatic heterocycles. The molecule has 1 aliphatic heterocycles. The molecule has 29 heavy (non-hydrogen) atoms. The van der Waals surface area contributed by atoms with Crippen LogP contribution in [0.2, 0.25) is 0 Å². The van der Waals surface area contributed by atoms with Gasteiger partial charge in [0.15, 0.2) is 0 Å². The third-order valence-corrected chi connectivity index (χ3v) is 6.65. The zero-order valence-corrected chi connectivity index (χ0v) is 17.4.